The fraction of sp³-hybridized carbons (Fsp3) is 0.846. The van der Waals surface area contributed by atoms with Crippen LogP contribution in [0, 0.1) is 0 Å². The van der Waals surface area contributed by atoms with Crippen LogP contribution in [0.4, 0.5) is 0 Å². The number of amides is 1. The number of esters is 1. The van der Waals surface area contributed by atoms with Gasteiger partial charge in [0.1, 0.15) is 24.4 Å². The molecule has 1 aliphatic rings. The first kappa shape index (κ1) is 71.6. The maximum Gasteiger partial charge on any atom is 0.306 e. The molecule has 1 rings (SSSR count). The van der Waals surface area contributed by atoms with Gasteiger partial charge in [0, 0.05) is 6.42 Å². The van der Waals surface area contributed by atoms with E-state index in [1.807, 2.05) is 6.08 Å². The standard InChI is InChI=1S/C65H119NO10/c1-4-7-10-13-16-19-22-24-25-26-27-28-29-30-31-32-33-34-35-36-38-41-44-47-50-53-60(70)76-63-62(72)61(71)59(54-67)75-65(63)74-55-56(57(68)51-48-45-42-40-37-23-20-17-14-11-8-5-2)66-64(73)58(69)52-49-46-43-39-21-18-15-12-9-6-3/h16,19,24-25,27-28,48,51,56-59,61-63,65,67-69,71-72H,4-15,17-18,20-23,26,29-47,49-50,52-55H2,1-3H3,(H,66,73)/b19-16-,25-24-,28-27-,51-48+. The second-order valence-electron chi connectivity index (χ2n) is 22.1. The Balaban J connectivity index is 2.56. The minimum absolute atomic E-state index is 0.123. The van der Waals surface area contributed by atoms with Crippen molar-refractivity contribution < 1.29 is 49.3 Å². The Labute approximate surface area is 466 Å². The van der Waals surface area contributed by atoms with Crippen molar-refractivity contribution in [1.29, 1.82) is 0 Å². The van der Waals surface area contributed by atoms with Crippen LogP contribution in [0.15, 0.2) is 48.6 Å². The largest absolute Gasteiger partial charge is 0.454 e. The topological polar surface area (TPSA) is 175 Å². The maximum absolute atomic E-state index is 13.4. The molecule has 6 N–H and O–H groups in total. The zero-order chi connectivity index (χ0) is 55.4. The number of carbonyl (C=O) groups is 2. The lowest BCUT2D eigenvalue weighted by Crippen LogP contribution is -2.61. The number of allylic oxidation sites excluding steroid dienone is 7. The van der Waals surface area contributed by atoms with Gasteiger partial charge in [-0.25, -0.2) is 0 Å². The summed E-state index contributed by atoms with van der Waals surface area (Å²) in [5, 5.41) is 56.9. The molecular formula is C65H119NO10. The van der Waals surface area contributed by atoms with Crippen molar-refractivity contribution in [3.63, 3.8) is 0 Å². The molecule has 11 nitrogen and oxygen atoms in total. The van der Waals surface area contributed by atoms with Crippen LogP contribution in [-0.2, 0) is 23.8 Å². The molecular weight excluding hydrogens is 955 g/mol. The predicted molar refractivity (Wildman–Crippen MR) is 315 cm³/mol. The minimum atomic E-state index is -1.61. The Morgan fingerprint density at radius 2 is 0.908 bits per heavy atom. The van der Waals surface area contributed by atoms with Gasteiger partial charge in [0.15, 0.2) is 12.4 Å². The Morgan fingerprint density at radius 1 is 0.513 bits per heavy atom. The number of aliphatic hydroxyl groups excluding tert-OH is 5. The van der Waals surface area contributed by atoms with Gasteiger partial charge in [-0.05, 0) is 64.2 Å². The van der Waals surface area contributed by atoms with Crippen molar-refractivity contribution in [2.45, 2.75) is 339 Å². The zero-order valence-corrected chi connectivity index (χ0v) is 49.1. The van der Waals surface area contributed by atoms with Crippen LogP contribution in [-0.4, -0.2) is 99.6 Å². The first-order valence-electron chi connectivity index (χ1n) is 31.9. The number of nitrogens with one attached hydrogen (secondary N) is 1. The molecule has 0 radical (unpaired) electrons. The van der Waals surface area contributed by atoms with Crippen molar-refractivity contribution in [3.05, 3.63) is 48.6 Å². The van der Waals surface area contributed by atoms with Gasteiger partial charge in [-0.3, -0.25) is 9.59 Å². The molecule has 8 atom stereocenters. The third-order valence-corrected chi connectivity index (χ3v) is 15.0. The molecule has 0 aromatic carbocycles. The summed E-state index contributed by atoms with van der Waals surface area (Å²) in [6, 6.07) is -1.02. The first-order chi connectivity index (χ1) is 37.2. The number of aliphatic hydroxyl groups is 5. The van der Waals surface area contributed by atoms with Crippen LogP contribution < -0.4 is 5.32 Å². The molecule has 444 valence electrons. The normalized spacial score (nSPS) is 19.4. The quantitative estimate of drug-likeness (QED) is 0.0195. The number of ether oxygens (including phenoxy) is 3. The van der Waals surface area contributed by atoms with Crippen LogP contribution >= 0.6 is 0 Å². The van der Waals surface area contributed by atoms with Crippen LogP contribution in [0.1, 0.15) is 290 Å². The lowest BCUT2D eigenvalue weighted by Gasteiger charge is -2.41. The van der Waals surface area contributed by atoms with E-state index in [0.29, 0.717) is 19.3 Å². The lowest BCUT2D eigenvalue weighted by molar-refractivity contribution is -0.305. The molecule has 1 saturated heterocycles. The molecule has 1 aliphatic heterocycles. The number of carbonyl (C=O) groups excluding carboxylic acids is 2. The predicted octanol–water partition coefficient (Wildman–Crippen LogP) is 15.2. The number of rotatable bonds is 54. The fourth-order valence-corrected chi connectivity index (χ4v) is 9.89. The number of hydrogen-bond donors (Lipinski definition) is 6. The average molecular weight is 1070 g/mol. The van der Waals surface area contributed by atoms with Crippen molar-refractivity contribution in [2.24, 2.45) is 0 Å². The monoisotopic (exact) mass is 1070 g/mol. The molecule has 76 heavy (non-hydrogen) atoms. The van der Waals surface area contributed by atoms with Gasteiger partial charge in [0.25, 0.3) is 0 Å². The van der Waals surface area contributed by atoms with E-state index in [-0.39, 0.29) is 13.0 Å². The lowest BCUT2D eigenvalue weighted by atomic mass is 9.99. The average Bonchev–Trinajstić information content (AvgIpc) is 3.42. The van der Waals surface area contributed by atoms with E-state index in [1.165, 1.54) is 173 Å². The van der Waals surface area contributed by atoms with E-state index in [0.717, 1.165) is 70.6 Å². The smallest absolute Gasteiger partial charge is 0.306 e. The van der Waals surface area contributed by atoms with Gasteiger partial charge >= 0.3 is 5.97 Å². The molecule has 11 heteroatoms. The second kappa shape index (κ2) is 53.3. The summed E-state index contributed by atoms with van der Waals surface area (Å²) in [7, 11) is 0. The molecule has 8 unspecified atom stereocenters. The maximum atomic E-state index is 13.4. The number of hydrogen-bond acceptors (Lipinski definition) is 10. The second-order valence-corrected chi connectivity index (χ2v) is 22.1. The summed E-state index contributed by atoms with van der Waals surface area (Å²) < 4.78 is 17.6. The van der Waals surface area contributed by atoms with Gasteiger partial charge in [-0.15, -0.1) is 0 Å². The molecule has 1 fully saturated rings. The Hall–Kier alpha value is -2.38. The van der Waals surface area contributed by atoms with Crippen molar-refractivity contribution >= 4 is 11.9 Å². The van der Waals surface area contributed by atoms with Crippen LogP contribution in [0.25, 0.3) is 0 Å². The molecule has 0 aliphatic carbocycles. The van der Waals surface area contributed by atoms with Crippen LogP contribution in [0.2, 0.25) is 0 Å². The van der Waals surface area contributed by atoms with Crippen molar-refractivity contribution in [2.75, 3.05) is 13.2 Å². The fourth-order valence-electron chi connectivity index (χ4n) is 9.89. The van der Waals surface area contributed by atoms with Gasteiger partial charge < -0.3 is 45.1 Å². The Kier molecular flexibility index (Phi) is 50.2. The highest BCUT2D eigenvalue weighted by atomic mass is 16.7. The molecule has 1 amide bonds. The molecule has 0 bridgehead atoms. The van der Waals surface area contributed by atoms with E-state index in [9.17, 15) is 35.1 Å². The van der Waals surface area contributed by atoms with Crippen LogP contribution in [0.3, 0.4) is 0 Å². The SMILES string of the molecule is CCCCC/C=C\C/C=C\C/C=C\CCCCCCCCCCCCCCC(=O)OC1C(OCC(NC(=O)C(O)CCCCCCCCCCCC)C(O)/C=C/CCCCCCCCCCCC)OC(CO)C(O)C1O. The van der Waals surface area contributed by atoms with Crippen molar-refractivity contribution in [1.82, 2.24) is 5.32 Å². The van der Waals surface area contributed by atoms with E-state index in [4.69, 9.17) is 14.2 Å². The third kappa shape index (κ3) is 40.8. The minimum Gasteiger partial charge on any atom is -0.454 e. The van der Waals surface area contributed by atoms with Crippen molar-refractivity contribution in [3.8, 4) is 0 Å². The van der Waals surface area contributed by atoms with E-state index in [1.54, 1.807) is 6.08 Å². The summed E-state index contributed by atoms with van der Waals surface area (Å²) in [5.74, 6) is -1.19. The highest BCUT2D eigenvalue weighted by Gasteiger charge is 2.47. The first-order valence-corrected chi connectivity index (χ1v) is 31.9. The van der Waals surface area contributed by atoms with Gasteiger partial charge in [0.05, 0.1) is 25.4 Å². The molecule has 0 saturated carbocycles. The van der Waals surface area contributed by atoms with Crippen LogP contribution in [0.5, 0.6) is 0 Å². The number of unbranched alkanes of at least 4 members (excludes halogenated alkanes) is 34. The molecule has 0 spiro atoms. The highest BCUT2D eigenvalue weighted by molar-refractivity contribution is 5.80. The van der Waals surface area contributed by atoms with E-state index in [2.05, 4.69) is 62.5 Å². The van der Waals surface area contributed by atoms with Gasteiger partial charge in [-0.1, -0.05) is 268 Å². The van der Waals surface area contributed by atoms with E-state index >= 15 is 0 Å². The summed E-state index contributed by atoms with van der Waals surface area (Å²) in [6.07, 6.45) is 54.5. The zero-order valence-electron chi connectivity index (χ0n) is 49.1. The van der Waals surface area contributed by atoms with Gasteiger partial charge in [0.2, 0.25) is 5.91 Å². The summed E-state index contributed by atoms with van der Waals surface area (Å²) >= 11 is 0. The van der Waals surface area contributed by atoms with Gasteiger partial charge in [-0.2, -0.15) is 0 Å². The Bertz CT molecular complexity index is 1420. The molecule has 0 aromatic rings. The molecule has 1 heterocycles. The molecule has 0 aromatic heterocycles. The summed E-state index contributed by atoms with van der Waals surface area (Å²) in [6.45, 7) is 5.75. The summed E-state index contributed by atoms with van der Waals surface area (Å²) in [5.41, 5.74) is 0. The highest BCUT2D eigenvalue weighted by Crippen LogP contribution is 2.26. The third-order valence-electron chi connectivity index (χ3n) is 15.0. The van der Waals surface area contributed by atoms with E-state index < -0.39 is 67.4 Å². The Morgan fingerprint density at radius 3 is 1.38 bits per heavy atom. The summed E-state index contributed by atoms with van der Waals surface area (Å²) in [4.78, 5) is 26.5.